The van der Waals surface area contributed by atoms with Crippen molar-refractivity contribution in [1.29, 1.82) is 0 Å². The Morgan fingerprint density at radius 3 is 2.66 bits per heavy atom. The average Bonchev–Trinajstić information content (AvgIpc) is 3.06. The van der Waals surface area contributed by atoms with Crippen LogP contribution in [0.2, 0.25) is 0 Å². The first kappa shape index (κ1) is 19.0. The lowest BCUT2D eigenvalue weighted by Crippen LogP contribution is -2.42. The van der Waals surface area contributed by atoms with Gasteiger partial charge in [0.2, 0.25) is 0 Å². The van der Waals surface area contributed by atoms with Gasteiger partial charge in [-0.25, -0.2) is 4.79 Å². The van der Waals surface area contributed by atoms with Crippen LogP contribution in [-0.4, -0.2) is 34.0 Å². The average molecular weight is 394 g/mol. The molecule has 0 N–H and O–H groups in total. The van der Waals surface area contributed by atoms with Gasteiger partial charge in [0.15, 0.2) is 11.7 Å². The second-order valence-corrected chi connectivity index (χ2v) is 7.15. The second kappa shape index (κ2) is 7.95. The van der Waals surface area contributed by atoms with Gasteiger partial charge in [-0.05, 0) is 36.6 Å². The van der Waals surface area contributed by atoms with Crippen molar-refractivity contribution in [3.8, 4) is 0 Å². The highest BCUT2D eigenvalue weighted by Crippen LogP contribution is 2.19. The lowest BCUT2D eigenvalue weighted by Gasteiger charge is -2.30. The zero-order chi connectivity index (χ0) is 20.4. The number of hydrogen-bond acceptors (Lipinski definition) is 5. The van der Waals surface area contributed by atoms with E-state index in [-0.39, 0.29) is 18.9 Å². The monoisotopic (exact) mass is 394 g/mol. The van der Waals surface area contributed by atoms with Gasteiger partial charge in [0.1, 0.15) is 0 Å². The van der Waals surface area contributed by atoms with Gasteiger partial charge in [-0.2, -0.15) is 0 Å². The van der Waals surface area contributed by atoms with Crippen LogP contribution in [0.15, 0.2) is 57.7 Å². The second-order valence-electron chi connectivity index (χ2n) is 7.15. The van der Waals surface area contributed by atoms with Crippen molar-refractivity contribution in [1.82, 2.24) is 9.47 Å². The van der Waals surface area contributed by atoms with E-state index in [2.05, 4.69) is 6.07 Å². The summed E-state index contributed by atoms with van der Waals surface area (Å²) in [6.45, 7) is 2.84. The molecule has 2 heterocycles. The molecule has 0 aliphatic carbocycles. The molecule has 0 saturated heterocycles. The molecule has 0 radical (unpaired) electrons. The SMILES string of the molecule is CC(OC(=O)CCn1c(=O)oc2ccccc21)C(=O)N1CCc2ccccc2C1. The molecule has 0 spiro atoms. The van der Waals surface area contributed by atoms with E-state index in [9.17, 15) is 14.4 Å². The van der Waals surface area contributed by atoms with Crippen molar-refractivity contribution >= 4 is 23.0 Å². The van der Waals surface area contributed by atoms with Gasteiger partial charge >= 0.3 is 11.7 Å². The van der Waals surface area contributed by atoms with Crippen molar-refractivity contribution < 1.29 is 18.7 Å². The topological polar surface area (TPSA) is 81.7 Å². The van der Waals surface area contributed by atoms with Gasteiger partial charge in [-0.3, -0.25) is 14.2 Å². The van der Waals surface area contributed by atoms with Crippen molar-refractivity contribution in [3.05, 3.63) is 70.2 Å². The molecule has 1 aliphatic heterocycles. The molecule has 1 aromatic heterocycles. The first-order chi connectivity index (χ1) is 14.0. The fourth-order valence-corrected chi connectivity index (χ4v) is 3.68. The van der Waals surface area contributed by atoms with Gasteiger partial charge in [0, 0.05) is 19.6 Å². The normalized spacial score (nSPS) is 14.4. The molecule has 2 aromatic carbocycles. The van der Waals surface area contributed by atoms with Gasteiger partial charge < -0.3 is 14.1 Å². The molecule has 7 nitrogen and oxygen atoms in total. The van der Waals surface area contributed by atoms with Crippen LogP contribution in [0, 0.1) is 0 Å². The summed E-state index contributed by atoms with van der Waals surface area (Å²) in [4.78, 5) is 38.6. The number of amides is 1. The number of fused-ring (bicyclic) bond motifs is 2. The van der Waals surface area contributed by atoms with E-state index in [1.165, 1.54) is 10.1 Å². The summed E-state index contributed by atoms with van der Waals surface area (Å²) in [7, 11) is 0. The van der Waals surface area contributed by atoms with Gasteiger partial charge in [-0.1, -0.05) is 36.4 Å². The van der Waals surface area contributed by atoms with Crippen LogP contribution in [0.5, 0.6) is 0 Å². The van der Waals surface area contributed by atoms with E-state index in [0.717, 1.165) is 12.0 Å². The number of hydrogen-bond donors (Lipinski definition) is 0. The third-order valence-corrected chi connectivity index (χ3v) is 5.21. The van der Waals surface area contributed by atoms with Crippen LogP contribution in [0.25, 0.3) is 11.1 Å². The van der Waals surface area contributed by atoms with E-state index in [0.29, 0.717) is 24.2 Å². The van der Waals surface area contributed by atoms with Crippen molar-refractivity contribution in [3.63, 3.8) is 0 Å². The standard InChI is InChI=1S/C22H22N2O5/c1-15(21(26)23-12-10-16-6-2-3-7-17(16)14-23)28-20(25)11-13-24-18-8-4-5-9-19(18)29-22(24)27/h2-9,15H,10-14H2,1H3. The molecule has 1 aliphatic rings. The molecule has 150 valence electrons. The third-order valence-electron chi connectivity index (χ3n) is 5.21. The van der Waals surface area contributed by atoms with Gasteiger partial charge in [-0.15, -0.1) is 0 Å². The van der Waals surface area contributed by atoms with Gasteiger partial charge in [0.05, 0.1) is 11.9 Å². The molecule has 29 heavy (non-hydrogen) atoms. The molecular formula is C22H22N2O5. The number of benzene rings is 2. The van der Waals surface area contributed by atoms with Crippen LogP contribution in [0.3, 0.4) is 0 Å². The number of aromatic nitrogens is 1. The predicted octanol–water partition coefficient (Wildman–Crippen LogP) is 2.50. The lowest BCUT2D eigenvalue weighted by molar-refractivity contribution is -0.159. The summed E-state index contributed by atoms with van der Waals surface area (Å²) < 4.78 is 11.9. The summed E-state index contributed by atoms with van der Waals surface area (Å²) in [6, 6.07) is 15.1. The number of para-hydroxylation sites is 2. The maximum atomic E-state index is 12.7. The smallest absolute Gasteiger partial charge is 0.419 e. The largest absolute Gasteiger partial charge is 0.452 e. The Morgan fingerprint density at radius 2 is 1.83 bits per heavy atom. The Hall–Kier alpha value is -3.35. The number of rotatable bonds is 5. The molecule has 0 saturated carbocycles. The lowest BCUT2D eigenvalue weighted by atomic mass is 9.99. The molecule has 1 unspecified atom stereocenters. The fourth-order valence-electron chi connectivity index (χ4n) is 3.68. The summed E-state index contributed by atoms with van der Waals surface area (Å²) in [5, 5.41) is 0. The third kappa shape index (κ3) is 3.94. The highest BCUT2D eigenvalue weighted by atomic mass is 16.5. The Kier molecular flexibility index (Phi) is 5.20. The molecule has 1 amide bonds. The minimum absolute atomic E-state index is 0.0239. The number of carbonyl (C=O) groups excluding carboxylic acids is 2. The number of ether oxygens (including phenoxy) is 1. The molecule has 7 heteroatoms. The molecule has 0 bridgehead atoms. The fraction of sp³-hybridized carbons (Fsp3) is 0.318. The minimum atomic E-state index is -0.870. The first-order valence-corrected chi connectivity index (χ1v) is 9.66. The molecule has 4 rings (SSSR count). The zero-order valence-corrected chi connectivity index (χ0v) is 16.2. The number of carbonyl (C=O) groups is 2. The highest BCUT2D eigenvalue weighted by Gasteiger charge is 2.27. The van der Waals surface area contributed by atoms with E-state index in [1.807, 2.05) is 18.2 Å². The van der Waals surface area contributed by atoms with Crippen LogP contribution >= 0.6 is 0 Å². The van der Waals surface area contributed by atoms with Crippen molar-refractivity contribution in [2.75, 3.05) is 6.54 Å². The highest BCUT2D eigenvalue weighted by molar-refractivity contribution is 5.83. The maximum Gasteiger partial charge on any atom is 0.419 e. The predicted molar refractivity (Wildman–Crippen MR) is 106 cm³/mol. The maximum absolute atomic E-state index is 12.7. The molecule has 1 atom stereocenters. The number of nitrogens with zero attached hydrogens (tertiary/aromatic N) is 2. The quantitative estimate of drug-likeness (QED) is 0.621. The van der Waals surface area contributed by atoms with E-state index >= 15 is 0 Å². The molecule has 3 aromatic rings. The van der Waals surface area contributed by atoms with E-state index in [4.69, 9.17) is 9.15 Å². The molecule has 0 fully saturated rings. The summed E-state index contributed by atoms with van der Waals surface area (Å²) >= 11 is 0. The Labute approximate surface area is 167 Å². The Bertz CT molecular complexity index is 1110. The number of oxazole rings is 1. The minimum Gasteiger partial charge on any atom is -0.452 e. The van der Waals surface area contributed by atoms with Crippen LogP contribution < -0.4 is 5.76 Å². The molecular weight excluding hydrogens is 372 g/mol. The van der Waals surface area contributed by atoms with Crippen LogP contribution in [0.1, 0.15) is 24.5 Å². The summed E-state index contributed by atoms with van der Waals surface area (Å²) in [5.41, 5.74) is 3.47. The Morgan fingerprint density at radius 1 is 1.10 bits per heavy atom. The summed E-state index contributed by atoms with van der Waals surface area (Å²) in [5.74, 6) is -1.26. The van der Waals surface area contributed by atoms with E-state index < -0.39 is 17.8 Å². The van der Waals surface area contributed by atoms with Gasteiger partial charge in [0.25, 0.3) is 5.91 Å². The first-order valence-electron chi connectivity index (χ1n) is 9.66. The number of esters is 1. The van der Waals surface area contributed by atoms with Crippen LogP contribution in [-0.2, 0) is 33.8 Å². The zero-order valence-electron chi connectivity index (χ0n) is 16.2. The summed E-state index contributed by atoms with van der Waals surface area (Å²) in [6.07, 6.45) is -0.103. The van der Waals surface area contributed by atoms with Crippen LogP contribution in [0.4, 0.5) is 0 Å². The number of aryl methyl sites for hydroxylation is 1. The Balaban J connectivity index is 1.34. The van der Waals surface area contributed by atoms with E-state index in [1.54, 1.807) is 36.1 Å². The van der Waals surface area contributed by atoms with Crippen molar-refractivity contribution in [2.45, 2.75) is 39.0 Å². The van der Waals surface area contributed by atoms with Crippen molar-refractivity contribution in [2.24, 2.45) is 0 Å².